The van der Waals surface area contributed by atoms with Gasteiger partial charge in [-0.2, -0.15) is 0 Å². The molecule has 0 nitrogen and oxygen atoms in total. The van der Waals surface area contributed by atoms with Gasteiger partial charge in [0.1, 0.15) is 0 Å². The second-order valence-corrected chi connectivity index (χ2v) is 5.08. The van der Waals surface area contributed by atoms with Crippen molar-refractivity contribution in [2.24, 2.45) is 0 Å². The van der Waals surface area contributed by atoms with Gasteiger partial charge < -0.3 is 0 Å². The summed E-state index contributed by atoms with van der Waals surface area (Å²) in [5.41, 5.74) is 3.99. The van der Waals surface area contributed by atoms with Crippen molar-refractivity contribution in [3.05, 3.63) is 77.4 Å². The first-order chi connectivity index (χ1) is 8.88. The number of alkyl halides is 1. The van der Waals surface area contributed by atoms with E-state index in [-0.39, 0.29) is 0 Å². The molecule has 18 heavy (non-hydrogen) atoms. The highest BCUT2D eigenvalue weighted by atomic mass is 79.9. The largest absolute Gasteiger partial charge is 0.0925 e. The highest BCUT2D eigenvalue weighted by molar-refractivity contribution is 9.09. The van der Waals surface area contributed by atoms with Gasteiger partial charge in [0, 0.05) is 5.33 Å². The Balaban J connectivity index is 2.00. The van der Waals surface area contributed by atoms with Gasteiger partial charge in [-0.05, 0) is 29.5 Å². The van der Waals surface area contributed by atoms with Crippen molar-refractivity contribution in [2.75, 3.05) is 5.33 Å². The minimum absolute atomic E-state index is 1.01. The van der Waals surface area contributed by atoms with Crippen molar-refractivity contribution < 1.29 is 0 Å². The molecule has 0 aromatic heterocycles. The van der Waals surface area contributed by atoms with Gasteiger partial charge in [-0.15, -0.1) is 0 Å². The maximum absolute atomic E-state index is 3.42. The third-order valence-corrected chi connectivity index (χ3v) is 3.27. The molecule has 0 unspecified atom stereocenters. The zero-order chi connectivity index (χ0) is 12.6. The molecule has 0 N–H and O–H groups in total. The summed E-state index contributed by atoms with van der Waals surface area (Å²) in [4.78, 5) is 0. The Kier molecular flexibility index (Phi) is 5.22. The van der Waals surface area contributed by atoms with Gasteiger partial charge in [0.25, 0.3) is 0 Å². The monoisotopic (exact) mass is 300 g/mol. The molecule has 0 fully saturated rings. The van der Waals surface area contributed by atoms with Gasteiger partial charge in [0.15, 0.2) is 0 Å². The molecule has 0 radical (unpaired) electrons. The van der Waals surface area contributed by atoms with Crippen LogP contribution in [0.25, 0.3) is 6.08 Å². The molecule has 0 amide bonds. The van der Waals surface area contributed by atoms with Crippen LogP contribution in [0.2, 0.25) is 0 Å². The number of rotatable bonds is 5. The van der Waals surface area contributed by atoms with Crippen LogP contribution in [0.5, 0.6) is 0 Å². The van der Waals surface area contributed by atoms with E-state index < -0.39 is 0 Å². The molecule has 0 atom stereocenters. The Morgan fingerprint density at radius 2 is 1.50 bits per heavy atom. The average Bonchev–Trinajstić information content (AvgIpc) is 2.42. The summed E-state index contributed by atoms with van der Waals surface area (Å²) >= 11 is 3.42. The Bertz CT molecular complexity index is 483. The quantitative estimate of drug-likeness (QED) is 0.676. The van der Waals surface area contributed by atoms with Crippen LogP contribution in [-0.2, 0) is 6.42 Å². The fourth-order valence-corrected chi connectivity index (χ4v) is 2.12. The van der Waals surface area contributed by atoms with Crippen LogP contribution >= 0.6 is 15.9 Å². The Morgan fingerprint density at radius 1 is 0.833 bits per heavy atom. The Morgan fingerprint density at radius 3 is 2.17 bits per heavy atom. The van der Waals surface area contributed by atoms with Crippen molar-refractivity contribution in [1.29, 1.82) is 0 Å². The molecule has 0 heterocycles. The fourth-order valence-electron chi connectivity index (χ4n) is 1.86. The lowest BCUT2D eigenvalue weighted by molar-refractivity contribution is 1.19. The third-order valence-electron chi connectivity index (χ3n) is 2.82. The lowest BCUT2D eigenvalue weighted by Crippen LogP contribution is -1.87. The van der Waals surface area contributed by atoms with Gasteiger partial charge in [-0.3, -0.25) is 0 Å². The molecule has 0 saturated heterocycles. The minimum Gasteiger partial charge on any atom is -0.0925 e. The van der Waals surface area contributed by atoms with Crippen LogP contribution < -0.4 is 0 Å². The molecular formula is C17H17Br. The molecule has 0 saturated carbocycles. The number of benzene rings is 2. The first kappa shape index (κ1) is 13.1. The second-order valence-electron chi connectivity index (χ2n) is 4.28. The van der Waals surface area contributed by atoms with Gasteiger partial charge in [-0.25, -0.2) is 0 Å². The maximum Gasteiger partial charge on any atom is 0.00660 e. The lowest BCUT2D eigenvalue weighted by atomic mass is 10.0. The van der Waals surface area contributed by atoms with E-state index in [9.17, 15) is 0 Å². The van der Waals surface area contributed by atoms with Crippen molar-refractivity contribution in [1.82, 2.24) is 0 Å². The fraction of sp³-hybridized carbons (Fsp3) is 0.176. The highest BCUT2D eigenvalue weighted by Gasteiger charge is 1.95. The van der Waals surface area contributed by atoms with Crippen LogP contribution in [0.4, 0.5) is 0 Å². The zero-order valence-corrected chi connectivity index (χ0v) is 11.9. The topological polar surface area (TPSA) is 0 Å². The zero-order valence-electron chi connectivity index (χ0n) is 10.4. The van der Waals surface area contributed by atoms with Crippen LogP contribution in [0.3, 0.4) is 0 Å². The van der Waals surface area contributed by atoms with E-state index in [4.69, 9.17) is 0 Å². The van der Waals surface area contributed by atoms with Gasteiger partial charge in [0.2, 0.25) is 0 Å². The van der Waals surface area contributed by atoms with Crippen molar-refractivity contribution in [2.45, 2.75) is 12.8 Å². The molecule has 2 aromatic rings. The smallest absolute Gasteiger partial charge is 0.00660 e. The lowest BCUT2D eigenvalue weighted by Gasteiger charge is -2.02. The highest BCUT2D eigenvalue weighted by Crippen LogP contribution is 2.11. The van der Waals surface area contributed by atoms with Crippen molar-refractivity contribution in [3.63, 3.8) is 0 Å². The molecule has 1 heteroatoms. The molecule has 2 rings (SSSR count). The summed E-state index contributed by atoms with van der Waals surface area (Å²) in [6.45, 7) is 0. The van der Waals surface area contributed by atoms with E-state index in [0.717, 1.165) is 18.2 Å². The van der Waals surface area contributed by atoms with Gasteiger partial charge in [0.05, 0.1) is 0 Å². The van der Waals surface area contributed by atoms with Crippen molar-refractivity contribution in [3.8, 4) is 0 Å². The predicted octanol–water partition coefficient (Wildman–Crippen LogP) is 5.08. The molecule has 0 spiro atoms. The van der Waals surface area contributed by atoms with E-state index in [1.807, 2.05) is 0 Å². The number of hydrogen-bond donors (Lipinski definition) is 0. The summed E-state index contributed by atoms with van der Waals surface area (Å²) < 4.78 is 0. The maximum atomic E-state index is 3.42. The molecule has 0 aliphatic heterocycles. The molecule has 2 aromatic carbocycles. The van der Waals surface area contributed by atoms with E-state index >= 15 is 0 Å². The van der Waals surface area contributed by atoms with Crippen LogP contribution in [0, 0.1) is 0 Å². The predicted molar refractivity (Wildman–Crippen MR) is 83.1 cm³/mol. The molecular weight excluding hydrogens is 284 g/mol. The summed E-state index contributed by atoms with van der Waals surface area (Å²) in [6, 6.07) is 19.4. The second kappa shape index (κ2) is 7.17. The normalized spacial score (nSPS) is 10.9. The van der Waals surface area contributed by atoms with E-state index in [1.54, 1.807) is 0 Å². The van der Waals surface area contributed by atoms with Gasteiger partial charge in [-0.1, -0.05) is 82.7 Å². The van der Waals surface area contributed by atoms with Crippen LogP contribution in [0.1, 0.15) is 23.1 Å². The van der Waals surface area contributed by atoms with Gasteiger partial charge >= 0.3 is 0 Å². The number of halogens is 1. The SMILES string of the molecule is BrCCC=Cc1ccc(Cc2ccccc2)cc1. The summed E-state index contributed by atoms with van der Waals surface area (Å²) in [7, 11) is 0. The third kappa shape index (κ3) is 4.15. The summed E-state index contributed by atoms with van der Waals surface area (Å²) in [5.74, 6) is 0. The standard InChI is InChI=1S/C17H17Br/c18-13-5-4-6-15-9-11-17(12-10-15)14-16-7-2-1-3-8-16/h1-4,6-12H,5,13-14H2. The molecule has 92 valence electrons. The summed E-state index contributed by atoms with van der Waals surface area (Å²) in [6.07, 6.45) is 6.45. The molecule has 0 aliphatic carbocycles. The first-order valence-corrected chi connectivity index (χ1v) is 7.36. The Hall–Kier alpha value is -1.34. The molecule has 0 bridgehead atoms. The van der Waals surface area contributed by atoms with Crippen molar-refractivity contribution >= 4 is 22.0 Å². The van der Waals surface area contributed by atoms with Crippen LogP contribution in [-0.4, -0.2) is 5.33 Å². The van der Waals surface area contributed by atoms with E-state index in [2.05, 4.69) is 82.7 Å². The summed E-state index contributed by atoms with van der Waals surface area (Å²) in [5, 5.41) is 1.02. The van der Waals surface area contributed by atoms with E-state index in [0.29, 0.717) is 0 Å². The molecule has 0 aliphatic rings. The Labute approximate surface area is 117 Å². The number of allylic oxidation sites excluding steroid dienone is 1. The minimum atomic E-state index is 1.01. The number of hydrogen-bond acceptors (Lipinski definition) is 0. The van der Waals surface area contributed by atoms with Crippen LogP contribution in [0.15, 0.2) is 60.7 Å². The average molecular weight is 301 g/mol. The van der Waals surface area contributed by atoms with E-state index in [1.165, 1.54) is 16.7 Å². The first-order valence-electron chi connectivity index (χ1n) is 6.24.